The maximum atomic E-state index is 8.94. The van der Waals surface area contributed by atoms with E-state index in [-0.39, 0.29) is 6.61 Å². The third-order valence-corrected chi connectivity index (χ3v) is 3.22. The molecule has 2 N–H and O–H groups in total. The molecule has 0 amide bonds. The van der Waals surface area contributed by atoms with E-state index in [0.29, 0.717) is 0 Å². The van der Waals surface area contributed by atoms with Gasteiger partial charge in [0, 0.05) is 36.4 Å². The molecule has 0 fully saturated rings. The summed E-state index contributed by atoms with van der Waals surface area (Å²) in [7, 11) is 1.95. The van der Waals surface area contributed by atoms with E-state index in [2.05, 4.69) is 51.3 Å². The highest BCUT2D eigenvalue weighted by molar-refractivity contribution is 9.10. The zero-order chi connectivity index (χ0) is 12.7. The van der Waals surface area contributed by atoms with Crippen molar-refractivity contribution in [1.29, 1.82) is 0 Å². The number of aliphatic hydroxyl groups is 1. The molecular weight excluding hydrogens is 280 g/mol. The van der Waals surface area contributed by atoms with Gasteiger partial charge in [0.15, 0.2) is 0 Å². The maximum Gasteiger partial charge on any atom is 0.0447 e. The molecule has 96 valence electrons. The Bertz CT molecular complexity index is 344. The standard InChI is InChI=1S/C13H21BrN2O/c1-3-16(7-4-8-17)13-9-12(14)6-5-11(13)10-15-2/h5-6,9,15,17H,3-4,7-8,10H2,1-2H3. The van der Waals surface area contributed by atoms with Gasteiger partial charge in [0.2, 0.25) is 0 Å². The molecule has 0 aromatic heterocycles. The van der Waals surface area contributed by atoms with E-state index in [9.17, 15) is 0 Å². The van der Waals surface area contributed by atoms with Gasteiger partial charge in [0.25, 0.3) is 0 Å². The number of rotatable bonds is 7. The number of nitrogens with one attached hydrogen (secondary N) is 1. The van der Waals surface area contributed by atoms with Gasteiger partial charge in [-0.25, -0.2) is 0 Å². The van der Waals surface area contributed by atoms with Gasteiger partial charge in [-0.1, -0.05) is 22.0 Å². The molecule has 0 saturated heterocycles. The van der Waals surface area contributed by atoms with E-state index in [4.69, 9.17) is 5.11 Å². The minimum Gasteiger partial charge on any atom is -0.396 e. The minimum absolute atomic E-state index is 0.242. The van der Waals surface area contributed by atoms with Crippen LogP contribution in [0.1, 0.15) is 18.9 Å². The van der Waals surface area contributed by atoms with Crippen LogP contribution in [0.3, 0.4) is 0 Å². The second-order valence-electron chi connectivity index (χ2n) is 3.96. The van der Waals surface area contributed by atoms with E-state index in [1.807, 2.05) is 7.05 Å². The lowest BCUT2D eigenvalue weighted by atomic mass is 10.1. The van der Waals surface area contributed by atoms with Gasteiger partial charge in [-0.05, 0) is 38.1 Å². The minimum atomic E-state index is 0.242. The molecule has 0 aliphatic carbocycles. The van der Waals surface area contributed by atoms with Crippen LogP contribution in [0.15, 0.2) is 22.7 Å². The first-order valence-corrected chi connectivity index (χ1v) is 6.81. The fourth-order valence-electron chi connectivity index (χ4n) is 1.88. The second kappa shape index (κ2) is 7.69. The monoisotopic (exact) mass is 300 g/mol. The summed E-state index contributed by atoms with van der Waals surface area (Å²) in [5.41, 5.74) is 2.53. The van der Waals surface area contributed by atoms with E-state index < -0.39 is 0 Å². The molecule has 0 radical (unpaired) electrons. The summed E-state index contributed by atoms with van der Waals surface area (Å²) in [6, 6.07) is 6.35. The van der Waals surface area contributed by atoms with Gasteiger partial charge in [-0.15, -0.1) is 0 Å². The van der Waals surface area contributed by atoms with Crippen molar-refractivity contribution in [3.63, 3.8) is 0 Å². The molecule has 0 unspecified atom stereocenters. The fraction of sp³-hybridized carbons (Fsp3) is 0.538. The van der Waals surface area contributed by atoms with Crippen LogP contribution in [-0.4, -0.2) is 31.9 Å². The van der Waals surface area contributed by atoms with Crippen LogP contribution in [0.5, 0.6) is 0 Å². The van der Waals surface area contributed by atoms with Gasteiger partial charge >= 0.3 is 0 Å². The third kappa shape index (κ3) is 4.30. The Kier molecular flexibility index (Phi) is 6.55. The lowest BCUT2D eigenvalue weighted by Gasteiger charge is -2.26. The molecule has 0 bridgehead atoms. The summed E-state index contributed by atoms with van der Waals surface area (Å²) in [5, 5.41) is 12.1. The molecule has 1 rings (SSSR count). The number of halogens is 1. The first-order chi connectivity index (χ1) is 8.22. The van der Waals surface area contributed by atoms with Crippen LogP contribution in [0.2, 0.25) is 0 Å². The molecule has 0 atom stereocenters. The Morgan fingerprint density at radius 3 is 2.76 bits per heavy atom. The van der Waals surface area contributed by atoms with Crippen molar-refractivity contribution in [2.24, 2.45) is 0 Å². The molecule has 1 aromatic carbocycles. The second-order valence-corrected chi connectivity index (χ2v) is 4.88. The Hall–Kier alpha value is -0.580. The lowest BCUT2D eigenvalue weighted by molar-refractivity contribution is 0.289. The molecule has 4 heteroatoms. The van der Waals surface area contributed by atoms with Gasteiger partial charge in [0.1, 0.15) is 0 Å². The molecule has 17 heavy (non-hydrogen) atoms. The molecule has 1 aromatic rings. The summed E-state index contributed by atoms with van der Waals surface area (Å²) in [6.07, 6.45) is 0.805. The maximum absolute atomic E-state index is 8.94. The van der Waals surface area contributed by atoms with Crippen molar-refractivity contribution in [2.45, 2.75) is 19.9 Å². The normalized spacial score (nSPS) is 10.6. The third-order valence-electron chi connectivity index (χ3n) is 2.72. The van der Waals surface area contributed by atoms with Crippen LogP contribution >= 0.6 is 15.9 Å². The molecule has 0 aliphatic rings. The topological polar surface area (TPSA) is 35.5 Å². The van der Waals surface area contributed by atoms with Crippen LogP contribution in [0, 0.1) is 0 Å². The summed E-state index contributed by atoms with van der Waals surface area (Å²) in [4.78, 5) is 2.30. The zero-order valence-electron chi connectivity index (χ0n) is 10.5. The smallest absolute Gasteiger partial charge is 0.0447 e. The lowest BCUT2D eigenvalue weighted by Crippen LogP contribution is -2.26. The predicted molar refractivity (Wildman–Crippen MR) is 76.5 cm³/mol. The van der Waals surface area contributed by atoms with E-state index >= 15 is 0 Å². The Balaban J connectivity index is 2.93. The number of benzene rings is 1. The molecule has 0 heterocycles. The van der Waals surface area contributed by atoms with Gasteiger partial charge in [0.05, 0.1) is 0 Å². The predicted octanol–water partition coefficient (Wildman–Crippen LogP) is 2.38. The quantitative estimate of drug-likeness (QED) is 0.811. The summed E-state index contributed by atoms with van der Waals surface area (Å²) in [5.74, 6) is 0. The van der Waals surface area contributed by atoms with Gasteiger partial charge in [-0.2, -0.15) is 0 Å². The van der Waals surface area contributed by atoms with E-state index in [1.54, 1.807) is 0 Å². The first-order valence-electron chi connectivity index (χ1n) is 6.01. The molecule has 0 aliphatic heterocycles. The fourth-order valence-corrected chi connectivity index (χ4v) is 2.23. The zero-order valence-corrected chi connectivity index (χ0v) is 12.1. The Morgan fingerprint density at radius 1 is 1.41 bits per heavy atom. The highest BCUT2D eigenvalue weighted by Crippen LogP contribution is 2.25. The molecule has 0 saturated carbocycles. The Morgan fingerprint density at radius 2 is 2.18 bits per heavy atom. The van der Waals surface area contributed by atoms with Crippen molar-refractivity contribution >= 4 is 21.6 Å². The number of hydrogen-bond acceptors (Lipinski definition) is 3. The highest BCUT2D eigenvalue weighted by Gasteiger charge is 2.09. The van der Waals surface area contributed by atoms with Gasteiger partial charge < -0.3 is 15.3 Å². The highest BCUT2D eigenvalue weighted by atomic mass is 79.9. The van der Waals surface area contributed by atoms with Crippen molar-refractivity contribution in [3.8, 4) is 0 Å². The molecular formula is C13H21BrN2O. The van der Waals surface area contributed by atoms with Crippen molar-refractivity contribution < 1.29 is 5.11 Å². The average molecular weight is 301 g/mol. The summed E-state index contributed by atoms with van der Waals surface area (Å²) >= 11 is 3.52. The van der Waals surface area contributed by atoms with E-state index in [1.165, 1.54) is 11.3 Å². The number of anilines is 1. The summed E-state index contributed by atoms with van der Waals surface area (Å²) < 4.78 is 1.09. The number of nitrogens with zero attached hydrogens (tertiary/aromatic N) is 1. The van der Waals surface area contributed by atoms with Crippen molar-refractivity contribution in [3.05, 3.63) is 28.2 Å². The van der Waals surface area contributed by atoms with Crippen molar-refractivity contribution in [1.82, 2.24) is 5.32 Å². The number of hydrogen-bond donors (Lipinski definition) is 2. The van der Waals surface area contributed by atoms with Crippen LogP contribution in [-0.2, 0) is 6.54 Å². The number of aliphatic hydroxyl groups excluding tert-OH is 1. The first kappa shape index (κ1) is 14.5. The van der Waals surface area contributed by atoms with Crippen molar-refractivity contribution in [2.75, 3.05) is 31.6 Å². The summed E-state index contributed by atoms with van der Waals surface area (Å²) in [6.45, 7) is 5.08. The SMILES string of the molecule is CCN(CCCO)c1cc(Br)ccc1CNC. The van der Waals surface area contributed by atoms with E-state index in [0.717, 1.165) is 30.5 Å². The molecule has 0 spiro atoms. The molecule has 3 nitrogen and oxygen atoms in total. The largest absolute Gasteiger partial charge is 0.396 e. The van der Waals surface area contributed by atoms with Gasteiger partial charge in [-0.3, -0.25) is 0 Å². The van der Waals surface area contributed by atoms with Crippen LogP contribution in [0.25, 0.3) is 0 Å². The van der Waals surface area contributed by atoms with Crippen LogP contribution in [0.4, 0.5) is 5.69 Å². The Labute approximate surface area is 112 Å². The van der Waals surface area contributed by atoms with Crippen LogP contribution < -0.4 is 10.2 Å². The average Bonchev–Trinajstić information content (AvgIpc) is 2.33.